The summed E-state index contributed by atoms with van der Waals surface area (Å²) in [5.41, 5.74) is 3.94. The number of hydrogen-bond donors (Lipinski definition) is 2. The molecule has 1 aromatic heterocycles. The van der Waals surface area contributed by atoms with Crippen molar-refractivity contribution in [1.82, 2.24) is 20.4 Å². The number of thiophene rings is 1. The van der Waals surface area contributed by atoms with Gasteiger partial charge >= 0.3 is 0 Å². The van der Waals surface area contributed by atoms with Gasteiger partial charge in [0.25, 0.3) is 0 Å². The number of nitrogens with zero attached hydrogens (tertiary/aromatic N) is 3. The minimum absolute atomic E-state index is 0. The van der Waals surface area contributed by atoms with E-state index >= 15 is 0 Å². The van der Waals surface area contributed by atoms with Crippen LogP contribution >= 0.6 is 35.3 Å². The number of guanidine groups is 1. The number of nitrogens with one attached hydrogen (secondary N) is 2. The Morgan fingerprint density at radius 2 is 1.59 bits per heavy atom. The van der Waals surface area contributed by atoms with E-state index in [9.17, 15) is 0 Å². The Labute approximate surface area is 183 Å². The molecule has 1 fully saturated rings. The maximum Gasteiger partial charge on any atom is 0.191 e. The Hall–Kier alpha value is -1.16. The first kappa shape index (κ1) is 22.1. The van der Waals surface area contributed by atoms with Crippen LogP contribution in [0.3, 0.4) is 0 Å². The average molecular weight is 499 g/mol. The maximum atomic E-state index is 4.29. The zero-order valence-corrected chi connectivity index (χ0v) is 19.3. The fraction of sp³-hybridized carbons (Fsp3) is 0.450. The van der Waals surface area contributed by atoms with E-state index in [1.165, 1.54) is 29.8 Å². The summed E-state index contributed by atoms with van der Waals surface area (Å²) in [5.74, 6) is 0.831. The molecule has 1 aliphatic heterocycles. The van der Waals surface area contributed by atoms with Crippen LogP contribution in [0.15, 0.2) is 46.1 Å². The molecule has 5 nitrogen and oxygen atoms in total. The number of benzene rings is 1. The van der Waals surface area contributed by atoms with Gasteiger partial charge in [0.1, 0.15) is 0 Å². The molecule has 148 valence electrons. The third-order valence-electron chi connectivity index (χ3n) is 4.75. The number of hydrogen-bond acceptors (Lipinski definition) is 4. The van der Waals surface area contributed by atoms with Crippen molar-refractivity contribution in [3.05, 3.63) is 57.8 Å². The first-order valence-electron chi connectivity index (χ1n) is 9.17. The summed E-state index contributed by atoms with van der Waals surface area (Å²) in [4.78, 5) is 9.22. The minimum Gasteiger partial charge on any atom is -0.352 e. The molecule has 7 heteroatoms. The molecule has 1 aromatic carbocycles. The zero-order chi connectivity index (χ0) is 18.2. The molecule has 2 heterocycles. The molecule has 0 atom stereocenters. The number of aliphatic imine (C=N–C) groups is 1. The van der Waals surface area contributed by atoms with Gasteiger partial charge in [-0.25, -0.2) is 0 Å². The second-order valence-corrected chi connectivity index (χ2v) is 7.59. The zero-order valence-electron chi connectivity index (χ0n) is 16.1. The molecule has 1 saturated heterocycles. The third-order valence-corrected chi connectivity index (χ3v) is 5.48. The van der Waals surface area contributed by atoms with Gasteiger partial charge in [0.2, 0.25) is 0 Å². The SMILES string of the molecule is CN=C(NCc1ccc(CN2CCN(C)CC2)cc1)NCc1ccsc1.I. The molecule has 0 aliphatic carbocycles. The van der Waals surface area contributed by atoms with Crippen LogP contribution in [0.25, 0.3) is 0 Å². The third kappa shape index (κ3) is 7.40. The smallest absolute Gasteiger partial charge is 0.191 e. The van der Waals surface area contributed by atoms with Gasteiger partial charge in [0.05, 0.1) is 0 Å². The lowest BCUT2D eigenvalue weighted by molar-refractivity contribution is 0.148. The van der Waals surface area contributed by atoms with Gasteiger partial charge < -0.3 is 15.5 Å². The molecule has 27 heavy (non-hydrogen) atoms. The van der Waals surface area contributed by atoms with Crippen LogP contribution < -0.4 is 10.6 Å². The van der Waals surface area contributed by atoms with E-state index < -0.39 is 0 Å². The Morgan fingerprint density at radius 3 is 2.19 bits per heavy atom. The first-order valence-corrected chi connectivity index (χ1v) is 10.1. The topological polar surface area (TPSA) is 42.9 Å². The summed E-state index contributed by atoms with van der Waals surface area (Å²) in [6.07, 6.45) is 0. The predicted molar refractivity (Wildman–Crippen MR) is 126 cm³/mol. The molecule has 2 aromatic rings. The van der Waals surface area contributed by atoms with Crippen molar-refractivity contribution in [1.29, 1.82) is 0 Å². The van der Waals surface area contributed by atoms with Gasteiger partial charge in [0.15, 0.2) is 5.96 Å². The second kappa shape index (κ2) is 11.6. The summed E-state index contributed by atoms with van der Waals surface area (Å²) >= 11 is 1.72. The lowest BCUT2D eigenvalue weighted by Crippen LogP contribution is -2.43. The fourth-order valence-electron chi connectivity index (χ4n) is 3.01. The maximum absolute atomic E-state index is 4.29. The molecule has 0 saturated carbocycles. The van der Waals surface area contributed by atoms with Crippen molar-refractivity contribution < 1.29 is 0 Å². The van der Waals surface area contributed by atoms with Crippen molar-refractivity contribution in [2.75, 3.05) is 40.3 Å². The monoisotopic (exact) mass is 499 g/mol. The lowest BCUT2D eigenvalue weighted by atomic mass is 10.1. The molecule has 3 rings (SSSR count). The van der Waals surface area contributed by atoms with Gasteiger partial charge in [-0.15, -0.1) is 24.0 Å². The van der Waals surface area contributed by atoms with E-state index in [1.807, 2.05) is 7.05 Å². The summed E-state index contributed by atoms with van der Waals surface area (Å²) < 4.78 is 0. The van der Waals surface area contributed by atoms with Crippen LogP contribution in [0.1, 0.15) is 16.7 Å². The van der Waals surface area contributed by atoms with Gasteiger partial charge in [-0.1, -0.05) is 24.3 Å². The van der Waals surface area contributed by atoms with E-state index in [0.717, 1.165) is 38.7 Å². The largest absolute Gasteiger partial charge is 0.352 e. The number of rotatable bonds is 6. The molecule has 0 radical (unpaired) electrons. The number of piperazine rings is 1. The molecular weight excluding hydrogens is 469 g/mol. The summed E-state index contributed by atoms with van der Waals surface area (Å²) in [7, 11) is 4.00. The predicted octanol–water partition coefficient (Wildman–Crippen LogP) is 2.98. The van der Waals surface area contributed by atoms with Gasteiger partial charge in [-0.2, -0.15) is 11.3 Å². The number of halogens is 1. The van der Waals surface area contributed by atoms with E-state index in [2.05, 4.69) is 73.6 Å². The van der Waals surface area contributed by atoms with Gasteiger partial charge in [0, 0.05) is 52.9 Å². The molecule has 0 bridgehead atoms. The van der Waals surface area contributed by atoms with E-state index in [0.29, 0.717) is 0 Å². The highest BCUT2D eigenvalue weighted by atomic mass is 127. The lowest BCUT2D eigenvalue weighted by Gasteiger charge is -2.32. The molecule has 1 aliphatic rings. The quantitative estimate of drug-likeness (QED) is 0.365. The Balaban J connectivity index is 0.00000261. The van der Waals surface area contributed by atoms with Crippen LogP contribution in [-0.2, 0) is 19.6 Å². The summed E-state index contributed by atoms with van der Waals surface area (Å²) in [6, 6.07) is 11.0. The van der Waals surface area contributed by atoms with Crippen LogP contribution in [-0.4, -0.2) is 56.0 Å². The average Bonchev–Trinajstić information content (AvgIpc) is 3.18. The molecule has 0 amide bonds. The normalized spacial score (nSPS) is 16.0. The highest BCUT2D eigenvalue weighted by Gasteiger charge is 2.13. The van der Waals surface area contributed by atoms with Crippen molar-refractivity contribution in [2.24, 2.45) is 4.99 Å². The minimum atomic E-state index is 0. The summed E-state index contributed by atoms with van der Waals surface area (Å²) in [6.45, 7) is 7.27. The first-order chi connectivity index (χ1) is 12.7. The van der Waals surface area contributed by atoms with Crippen molar-refractivity contribution in [3.63, 3.8) is 0 Å². The molecule has 2 N–H and O–H groups in total. The van der Waals surface area contributed by atoms with Crippen molar-refractivity contribution >= 4 is 41.3 Å². The van der Waals surface area contributed by atoms with Crippen LogP contribution in [0.2, 0.25) is 0 Å². The highest BCUT2D eigenvalue weighted by molar-refractivity contribution is 14.0. The molecular formula is C20H30IN5S. The van der Waals surface area contributed by atoms with Crippen molar-refractivity contribution in [2.45, 2.75) is 19.6 Å². The Kier molecular flexibility index (Phi) is 9.53. The van der Waals surface area contributed by atoms with Gasteiger partial charge in [-0.05, 0) is 40.6 Å². The van der Waals surface area contributed by atoms with E-state index in [1.54, 1.807) is 11.3 Å². The van der Waals surface area contributed by atoms with Crippen LogP contribution in [0.5, 0.6) is 0 Å². The van der Waals surface area contributed by atoms with Crippen molar-refractivity contribution in [3.8, 4) is 0 Å². The van der Waals surface area contributed by atoms with E-state index in [-0.39, 0.29) is 24.0 Å². The van der Waals surface area contributed by atoms with Crippen LogP contribution in [0.4, 0.5) is 0 Å². The summed E-state index contributed by atoms with van der Waals surface area (Å²) in [5, 5.41) is 11.0. The fourth-order valence-corrected chi connectivity index (χ4v) is 3.68. The standard InChI is InChI=1S/C20H29N5S.HI/c1-21-20(23-14-19-7-12-26-16-19)22-13-17-3-5-18(6-4-17)15-25-10-8-24(2)9-11-25;/h3-7,12,16H,8-11,13-15H2,1-2H3,(H2,21,22,23);1H. The van der Waals surface area contributed by atoms with E-state index in [4.69, 9.17) is 0 Å². The van der Waals surface area contributed by atoms with Gasteiger partial charge in [-0.3, -0.25) is 9.89 Å². The van der Waals surface area contributed by atoms with Crippen LogP contribution in [0, 0.1) is 0 Å². The second-order valence-electron chi connectivity index (χ2n) is 6.81. The molecule has 0 spiro atoms. The highest BCUT2D eigenvalue weighted by Crippen LogP contribution is 2.10. The Bertz CT molecular complexity index is 679. The Morgan fingerprint density at radius 1 is 0.963 bits per heavy atom. The molecule has 0 unspecified atom stereocenters. The number of likely N-dealkylation sites (N-methyl/N-ethyl adjacent to an activating group) is 1.